The fourth-order valence-electron chi connectivity index (χ4n) is 1.60. The molecule has 0 aliphatic carbocycles. The molecule has 0 saturated carbocycles. The Morgan fingerprint density at radius 3 is 2.69 bits per heavy atom. The number of allylic oxidation sites excluding steroid dienone is 1. The van der Waals surface area contributed by atoms with Gasteiger partial charge in [0.1, 0.15) is 0 Å². The van der Waals surface area contributed by atoms with Crippen LogP contribution in [-0.4, -0.2) is 37.0 Å². The largest absolute Gasteiger partial charge is 0.339 e. The maximum Gasteiger partial charge on any atom is 0.246 e. The van der Waals surface area contributed by atoms with Crippen LogP contribution in [0.3, 0.4) is 0 Å². The summed E-state index contributed by atoms with van der Waals surface area (Å²) in [5.74, 6) is 0.0643. The molecule has 1 rings (SSSR count). The van der Waals surface area contributed by atoms with Crippen LogP contribution in [0.25, 0.3) is 0 Å². The lowest BCUT2D eigenvalue weighted by molar-refractivity contribution is -0.127. The molecular weight excluding hydrogens is 164 g/mol. The highest BCUT2D eigenvalue weighted by Crippen LogP contribution is 2.09. The number of rotatable bonds is 2. The van der Waals surface area contributed by atoms with Gasteiger partial charge in [0.15, 0.2) is 0 Å². The van der Waals surface area contributed by atoms with Crippen molar-refractivity contribution in [2.45, 2.75) is 25.8 Å². The number of hydrogen-bond acceptors (Lipinski definition) is 2. The molecule has 13 heavy (non-hydrogen) atoms. The van der Waals surface area contributed by atoms with Crippen LogP contribution >= 0.6 is 0 Å². The highest BCUT2D eigenvalue weighted by atomic mass is 16.2. The van der Waals surface area contributed by atoms with E-state index < -0.39 is 0 Å². The fourth-order valence-corrected chi connectivity index (χ4v) is 1.60. The molecule has 0 aromatic heterocycles. The number of amides is 1. The van der Waals surface area contributed by atoms with Crippen LogP contribution in [0.4, 0.5) is 0 Å². The number of hydrogen-bond donors (Lipinski definition) is 1. The monoisotopic (exact) mass is 181 g/mol. The predicted molar refractivity (Wildman–Crippen MR) is 52.1 cm³/mol. The lowest BCUT2D eigenvalue weighted by Crippen LogP contribution is -2.43. The highest BCUT2D eigenvalue weighted by Gasteiger charge is 2.19. The van der Waals surface area contributed by atoms with Gasteiger partial charge in [0.2, 0.25) is 5.91 Å². The van der Waals surface area contributed by atoms with E-state index in [2.05, 4.69) is 11.4 Å². The van der Waals surface area contributed by atoms with E-state index in [1.165, 1.54) is 6.08 Å². The van der Waals surface area contributed by atoms with E-state index in [1.54, 1.807) is 6.92 Å². The minimum Gasteiger partial charge on any atom is -0.339 e. The summed E-state index contributed by atoms with van der Waals surface area (Å²) in [5, 5.41) is 3.28. The van der Waals surface area contributed by atoms with Gasteiger partial charge in [-0.2, -0.15) is 0 Å². The second-order valence-corrected chi connectivity index (χ2v) is 3.36. The predicted octanol–water partition coefficient (Wildman–Crippen LogP) is 0.576. The molecule has 0 atom stereocenters. The van der Waals surface area contributed by atoms with E-state index >= 15 is 0 Å². The lowest BCUT2D eigenvalue weighted by atomic mass is 10.1. The Morgan fingerprint density at radius 1 is 1.54 bits per heavy atom. The van der Waals surface area contributed by atoms with Crippen LogP contribution in [0, 0.1) is 6.08 Å². The standard InChI is InChI=1S/C10H17N2O/c1-3-4-10(13)12(2)9-5-7-11-8-6-9/h4,9,11H,5-8H2,1-2H3. The van der Waals surface area contributed by atoms with E-state index in [9.17, 15) is 4.79 Å². The van der Waals surface area contributed by atoms with Crippen molar-refractivity contribution in [3.8, 4) is 0 Å². The molecule has 1 heterocycles. The molecule has 1 saturated heterocycles. The second-order valence-electron chi connectivity index (χ2n) is 3.36. The molecule has 0 aromatic rings. The molecule has 1 amide bonds. The molecular formula is C10H17N2O. The Labute approximate surface area is 79.8 Å². The number of nitrogens with one attached hydrogen (secondary N) is 1. The lowest BCUT2D eigenvalue weighted by Gasteiger charge is -2.30. The molecule has 0 aromatic carbocycles. The van der Waals surface area contributed by atoms with Crippen LogP contribution in [-0.2, 0) is 4.79 Å². The second kappa shape index (κ2) is 5.02. The molecule has 0 unspecified atom stereocenters. The van der Waals surface area contributed by atoms with Crippen LogP contribution < -0.4 is 5.32 Å². The molecule has 1 radical (unpaired) electrons. The molecule has 0 spiro atoms. The van der Waals surface area contributed by atoms with E-state index in [4.69, 9.17) is 0 Å². The molecule has 1 aliphatic rings. The molecule has 1 N–H and O–H groups in total. The zero-order chi connectivity index (χ0) is 9.68. The third-order valence-corrected chi connectivity index (χ3v) is 2.47. The zero-order valence-corrected chi connectivity index (χ0v) is 8.34. The fraction of sp³-hybridized carbons (Fsp3) is 0.700. The van der Waals surface area contributed by atoms with Gasteiger partial charge in [-0.1, -0.05) is 0 Å². The number of nitrogens with zero attached hydrogens (tertiary/aromatic N) is 1. The Bertz CT molecular complexity index is 195. The van der Waals surface area contributed by atoms with Gasteiger partial charge in [0.25, 0.3) is 0 Å². The molecule has 0 bridgehead atoms. The maximum atomic E-state index is 11.4. The minimum absolute atomic E-state index is 0.0643. The Kier molecular flexibility index (Phi) is 3.96. The summed E-state index contributed by atoms with van der Waals surface area (Å²) in [6, 6.07) is 0.401. The minimum atomic E-state index is 0.0643. The smallest absolute Gasteiger partial charge is 0.246 e. The molecule has 1 fully saturated rings. The van der Waals surface area contributed by atoms with Crippen molar-refractivity contribution in [1.29, 1.82) is 0 Å². The van der Waals surface area contributed by atoms with E-state index in [1.807, 2.05) is 11.9 Å². The molecule has 3 nitrogen and oxygen atoms in total. The third kappa shape index (κ3) is 2.84. The van der Waals surface area contributed by atoms with Gasteiger partial charge in [-0.05, 0) is 38.9 Å². The summed E-state index contributed by atoms with van der Waals surface area (Å²) in [5.41, 5.74) is 0. The van der Waals surface area contributed by atoms with E-state index in [-0.39, 0.29) is 5.91 Å². The summed E-state index contributed by atoms with van der Waals surface area (Å²) < 4.78 is 0. The van der Waals surface area contributed by atoms with Gasteiger partial charge in [0.05, 0.1) is 0 Å². The van der Waals surface area contributed by atoms with E-state index in [0.717, 1.165) is 25.9 Å². The first-order chi connectivity index (χ1) is 6.25. The van der Waals surface area contributed by atoms with Crippen LogP contribution in [0.1, 0.15) is 19.8 Å². The van der Waals surface area contributed by atoms with Gasteiger partial charge in [-0.25, -0.2) is 0 Å². The summed E-state index contributed by atoms with van der Waals surface area (Å²) in [6.45, 7) is 3.78. The Hall–Kier alpha value is -0.830. The van der Waals surface area contributed by atoms with Crippen LogP contribution in [0.2, 0.25) is 0 Å². The number of carbonyl (C=O) groups is 1. The maximum absolute atomic E-state index is 11.4. The van der Waals surface area contributed by atoms with Crippen molar-refractivity contribution >= 4 is 5.91 Å². The summed E-state index contributed by atoms with van der Waals surface area (Å²) in [4.78, 5) is 13.2. The third-order valence-electron chi connectivity index (χ3n) is 2.47. The first kappa shape index (κ1) is 10.3. The first-order valence-electron chi connectivity index (χ1n) is 4.73. The quantitative estimate of drug-likeness (QED) is 0.632. The highest BCUT2D eigenvalue weighted by molar-refractivity contribution is 5.87. The summed E-state index contributed by atoms with van der Waals surface area (Å²) in [7, 11) is 1.87. The summed E-state index contributed by atoms with van der Waals surface area (Å²) >= 11 is 0. The number of carbonyl (C=O) groups excluding carboxylic acids is 1. The Morgan fingerprint density at radius 2 is 2.15 bits per heavy atom. The molecule has 1 aliphatic heterocycles. The number of likely N-dealkylation sites (N-methyl/N-ethyl adjacent to an activating group) is 1. The van der Waals surface area contributed by atoms with Crippen molar-refractivity contribution in [2.75, 3.05) is 20.1 Å². The van der Waals surface area contributed by atoms with Gasteiger partial charge >= 0.3 is 0 Å². The zero-order valence-electron chi connectivity index (χ0n) is 8.34. The summed E-state index contributed by atoms with van der Waals surface area (Å²) in [6.07, 6.45) is 6.37. The average molecular weight is 181 g/mol. The van der Waals surface area contributed by atoms with Crippen molar-refractivity contribution in [2.24, 2.45) is 0 Å². The first-order valence-corrected chi connectivity index (χ1v) is 4.73. The van der Waals surface area contributed by atoms with Gasteiger partial charge < -0.3 is 10.2 Å². The topological polar surface area (TPSA) is 32.3 Å². The average Bonchev–Trinajstić information content (AvgIpc) is 2.18. The molecule has 73 valence electrons. The molecule has 3 heteroatoms. The van der Waals surface area contributed by atoms with Gasteiger partial charge in [-0.3, -0.25) is 4.79 Å². The normalized spacial score (nSPS) is 19.2. The Balaban J connectivity index is 2.44. The van der Waals surface area contributed by atoms with Crippen molar-refractivity contribution in [3.63, 3.8) is 0 Å². The van der Waals surface area contributed by atoms with Crippen LogP contribution in [0.15, 0.2) is 6.08 Å². The van der Waals surface area contributed by atoms with Crippen molar-refractivity contribution < 1.29 is 4.79 Å². The van der Waals surface area contributed by atoms with Crippen LogP contribution in [0.5, 0.6) is 0 Å². The van der Waals surface area contributed by atoms with Crippen molar-refractivity contribution in [3.05, 3.63) is 12.2 Å². The van der Waals surface area contributed by atoms with E-state index in [0.29, 0.717) is 6.04 Å². The number of piperidine rings is 1. The van der Waals surface area contributed by atoms with Crippen molar-refractivity contribution in [1.82, 2.24) is 10.2 Å². The van der Waals surface area contributed by atoms with Gasteiger partial charge in [0, 0.05) is 19.2 Å². The van der Waals surface area contributed by atoms with Gasteiger partial charge in [-0.15, -0.1) is 0 Å². The SMILES string of the molecule is C/[C]=C/C(=O)N(C)C1CCNCC1.